The Balaban J connectivity index is 1.71. The lowest BCUT2D eigenvalue weighted by atomic mass is 9.98. The number of aryl methyl sites for hydroxylation is 1. The molecular weight excluding hydrogens is 430 g/mol. The van der Waals surface area contributed by atoms with E-state index in [-0.39, 0.29) is 22.5 Å². The van der Waals surface area contributed by atoms with Crippen molar-refractivity contribution in [2.45, 2.75) is 26.7 Å². The maximum absolute atomic E-state index is 15.0. The van der Waals surface area contributed by atoms with Gasteiger partial charge in [0, 0.05) is 23.1 Å². The molecule has 1 aromatic carbocycles. The molecule has 2 amide bonds. The van der Waals surface area contributed by atoms with E-state index in [4.69, 9.17) is 0 Å². The first kappa shape index (κ1) is 22.2. The minimum Gasteiger partial charge on any atom is -0.324 e. The third-order valence-corrected chi connectivity index (χ3v) is 5.46. The quantitative estimate of drug-likeness (QED) is 0.479. The molecule has 33 heavy (non-hydrogen) atoms. The van der Waals surface area contributed by atoms with Crippen molar-refractivity contribution >= 4 is 29.0 Å². The van der Waals surface area contributed by atoms with Crippen LogP contribution in [0.15, 0.2) is 42.6 Å². The molecule has 0 spiro atoms. The number of aromatic nitrogens is 2. The fourth-order valence-electron chi connectivity index (χ4n) is 3.91. The molecule has 9 heteroatoms. The third kappa shape index (κ3) is 4.09. The number of hydrogen-bond acceptors (Lipinski definition) is 5. The number of nitrogens with zero attached hydrogens (tertiary/aromatic N) is 3. The summed E-state index contributed by atoms with van der Waals surface area (Å²) in [4.78, 5) is 46.9. The number of hydrogen-bond donors (Lipinski definition) is 1. The van der Waals surface area contributed by atoms with Crippen molar-refractivity contribution in [3.05, 3.63) is 71.3 Å². The Morgan fingerprint density at radius 3 is 2.64 bits per heavy atom. The zero-order valence-electron chi connectivity index (χ0n) is 18.1. The summed E-state index contributed by atoms with van der Waals surface area (Å²) in [6, 6.07) is 8.54. The minimum absolute atomic E-state index is 0.0889. The number of anilines is 2. The second-order valence-corrected chi connectivity index (χ2v) is 7.83. The van der Waals surface area contributed by atoms with Gasteiger partial charge in [0.05, 0.1) is 28.4 Å². The first-order valence-electron chi connectivity index (χ1n) is 10.2. The van der Waals surface area contributed by atoms with Crippen LogP contribution in [-0.2, 0) is 9.59 Å². The summed E-state index contributed by atoms with van der Waals surface area (Å²) in [6.45, 7) is 4.02. The molecule has 3 aromatic rings. The van der Waals surface area contributed by atoms with Crippen LogP contribution in [0.2, 0.25) is 0 Å². The molecule has 7 nitrogen and oxygen atoms in total. The third-order valence-electron chi connectivity index (χ3n) is 5.46. The molecule has 0 saturated carbocycles. The van der Waals surface area contributed by atoms with E-state index in [1.807, 2.05) is 0 Å². The minimum atomic E-state index is -0.770. The number of rotatable bonds is 4. The highest BCUT2D eigenvalue weighted by molar-refractivity contribution is 6.09. The maximum atomic E-state index is 15.0. The molecule has 168 valence electrons. The number of halogens is 2. The van der Waals surface area contributed by atoms with E-state index in [0.29, 0.717) is 17.0 Å². The van der Waals surface area contributed by atoms with E-state index in [2.05, 4.69) is 15.3 Å². The zero-order valence-corrected chi connectivity index (χ0v) is 18.1. The van der Waals surface area contributed by atoms with Crippen molar-refractivity contribution in [3.63, 3.8) is 0 Å². The summed E-state index contributed by atoms with van der Waals surface area (Å²) in [6.07, 6.45) is 1.52. The van der Waals surface area contributed by atoms with Gasteiger partial charge in [0.2, 0.25) is 17.8 Å². The average molecular weight is 450 g/mol. The van der Waals surface area contributed by atoms with Gasteiger partial charge in [0.15, 0.2) is 5.78 Å². The Morgan fingerprint density at radius 1 is 1.18 bits per heavy atom. The monoisotopic (exact) mass is 450 g/mol. The van der Waals surface area contributed by atoms with Crippen LogP contribution in [0.5, 0.6) is 0 Å². The van der Waals surface area contributed by atoms with Crippen molar-refractivity contribution in [3.8, 4) is 11.1 Å². The fourth-order valence-corrected chi connectivity index (χ4v) is 3.91. The van der Waals surface area contributed by atoms with Crippen molar-refractivity contribution < 1.29 is 23.2 Å². The van der Waals surface area contributed by atoms with Crippen LogP contribution in [0.25, 0.3) is 11.1 Å². The molecule has 0 radical (unpaired) electrons. The molecule has 0 bridgehead atoms. The highest BCUT2D eigenvalue weighted by Gasteiger charge is 2.35. The molecule has 1 atom stereocenters. The molecule has 0 fully saturated rings. The van der Waals surface area contributed by atoms with E-state index in [1.54, 1.807) is 32.0 Å². The van der Waals surface area contributed by atoms with Gasteiger partial charge in [-0.05, 0) is 51.1 Å². The Hall–Kier alpha value is -4.01. The Labute approximate surface area is 188 Å². The lowest BCUT2D eigenvalue weighted by Gasteiger charge is -2.24. The number of fused-ring (bicyclic) bond motifs is 3. The zero-order chi connectivity index (χ0) is 23.9. The SMILES string of the molecule is CC(=O)c1ccc(NC(=O)CN2C(=O)C(C)c3ncccc3-c3c2cc(C)nc3F)cc1F. The molecule has 1 aliphatic heterocycles. The Bertz CT molecular complexity index is 1310. The number of pyridine rings is 2. The van der Waals surface area contributed by atoms with E-state index in [0.717, 1.165) is 6.07 Å². The van der Waals surface area contributed by atoms with Crippen molar-refractivity contribution in [2.24, 2.45) is 0 Å². The van der Waals surface area contributed by atoms with Gasteiger partial charge in [-0.1, -0.05) is 6.07 Å². The van der Waals surface area contributed by atoms with E-state index in [9.17, 15) is 18.8 Å². The number of carbonyl (C=O) groups excluding carboxylic acids is 3. The topological polar surface area (TPSA) is 92.3 Å². The van der Waals surface area contributed by atoms with Gasteiger partial charge in [-0.3, -0.25) is 19.4 Å². The van der Waals surface area contributed by atoms with Crippen molar-refractivity contribution in [1.29, 1.82) is 0 Å². The van der Waals surface area contributed by atoms with Crippen molar-refractivity contribution in [2.75, 3.05) is 16.8 Å². The molecule has 1 N–H and O–H groups in total. The van der Waals surface area contributed by atoms with Gasteiger partial charge in [-0.15, -0.1) is 0 Å². The molecule has 0 aliphatic carbocycles. The molecular formula is C24H20F2N4O3. The van der Waals surface area contributed by atoms with Gasteiger partial charge in [0.25, 0.3) is 0 Å². The predicted octanol–water partition coefficient (Wildman–Crippen LogP) is 4.02. The van der Waals surface area contributed by atoms with Crippen LogP contribution in [0.3, 0.4) is 0 Å². The second kappa shape index (κ2) is 8.50. The molecule has 1 aliphatic rings. The number of amides is 2. The lowest BCUT2D eigenvalue weighted by Crippen LogP contribution is -2.40. The van der Waals surface area contributed by atoms with Crippen LogP contribution >= 0.6 is 0 Å². The summed E-state index contributed by atoms with van der Waals surface area (Å²) >= 11 is 0. The largest absolute Gasteiger partial charge is 0.324 e. The summed E-state index contributed by atoms with van der Waals surface area (Å²) in [7, 11) is 0. The van der Waals surface area contributed by atoms with E-state index < -0.39 is 41.8 Å². The summed E-state index contributed by atoms with van der Waals surface area (Å²) < 4.78 is 29.1. The predicted molar refractivity (Wildman–Crippen MR) is 118 cm³/mol. The number of nitrogens with one attached hydrogen (secondary N) is 1. The average Bonchev–Trinajstić information content (AvgIpc) is 2.83. The Kier molecular flexibility index (Phi) is 5.71. The molecule has 2 aromatic heterocycles. The van der Waals surface area contributed by atoms with Gasteiger partial charge < -0.3 is 10.2 Å². The van der Waals surface area contributed by atoms with Gasteiger partial charge >= 0.3 is 0 Å². The van der Waals surface area contributed by atoms with Crippen LogP contribution in [-0.4, -0.2) is 34.1 Å². The number of ketones is 1. The van der Waals surface area contributed by atoms with Crippen LogP contribution < -0.4 is 10.2 Å². The smallest absolute Gasteiger partial charge is 0.244 e. The normalized spacial score (nSPS) is 14.9. The van der Waals surface area contributed by atoms with Gasteiger partial charge in [0.1, 0.15) is 12.4 Å². The molecule has 0 saturated heterocycles. The molecule has 3 heterocycles. The standard InChI is InChI=1S/C24H20F2N4O3/c1-12-9-19-21(23(26)28-12)17-5-4-8-27-22(17)13(2)24(33)30(19)11-20(32)29-15-6-7-16(14(3)31)18(25)10-15/h4-10,13H,11H2,1-3H3,(H,29,32). The molecule has 1 unspecified atom stereocenters. The summed E-state index contributed by atoms with van der Waals surface area (Å²) in [5.74, 6) is -3.78. The molecule has 4 rings (SSSR count). The number of benzene rings is 1. The van der Waals surface area contributed by atoms with Gasteiger partial charge in [-0.2, -0.15) is 4.39 Å². The van der Waals surface area contributed by atoms with Crippen LogP contribution in [0.1, 0.15) is 41.5 Å². The van der Waals surface area contributed by atoms with E-state index >= 15 is 4.39 Å². The Morgan fingerprint density at radius 2 is 1.94 bits per heavy atom. The fraction of sp³-hybridized carbons (Fsp3) is 0.208. The summed E-state index contributed by atoms with van der Waals surface area (Å²) in [5, 5.41) is 2.52. The summed E-state index contributed by atoms with van der Waals surface area (Å²) in [5.41, 5.74) is 1.48. The van der Waals surface area contributed by atoms with E-state index in [1.165, 1.54) is 30.2 Å². The number of Topliss-reactive ketones (excluding diaryl/α,β-unsaturated/α-hetero) is 1. The second-order valence-electron chi connectivity index (χ2n) is 7.83. The first-order valence-corrected chi connectivity index (χ1v) is 10.2. The van der Waals surface area contributed by atoms with Crippen LogP contribution in [0.4, 0.5) is 20.2 Å². The maximum Gasteiger partial charge on any atom is 0.244 e. The van der Waals surface area contributed by atoms with Crippen molar-refractivity contribution in [1.82, 2.24) is 9.97 Å². The lowest BCUT2D eigenvalue weighted by molar-refractivity contribution is -0.122. The first-order chi connectivity index (χ1) is 15.7. The number of carbonyl (C=O) groups is 3. The van der Waals surface area contributed by atoms with Crippen LogP contribution in [0, 0.1) is 18.7 Å². The highest BCUT2D eigenvalue weighted by Crippen LogP contribution is 2.41. The van der Waals surface area contributed by atoms with Gasteiger partial charge in [-0.25, -0.2) is 9.37 Å². The highest BCUT2D eigenvalue weighted by atomic mass is 19.1.